The van der Waals surface area contributed by atoms with E-state index in [9.17, 15) is 5.11 Å². The molecule has 19 heavy (non-hydrogen) atoms. The lowest BCUT2D eigenvalue weighted by molar-refractivity contribution is 0.0272. The highest BCUT2D eigenvalue weighted by Crippen LogP contribution is 2.41. The lowest BCUT2D eigenvalue weighted by Crippen LogP contribution is -2.44. The van der Waals surface area contributed by atoms with E-state index in [4.69, 9.17) is 0 Å². The molecular weight excluding hydrogens is 234 g/mol. The number of hydrogen-bond donors (Lipinski definition) is 2. The van der Waals surface area contributed by atoms with Gasteiger partial charge in [-0.1, -0.05) is 33.6 Å². The van der Waals surface area contributed by atoms with Gasteiger partial charge in [0.2, 0.25) is 0 Å². The Morgan fingerprint density at radius 3 is 2.26 bits per heavy atom. The Hall–Kier alpha value is -0.0800. The first kappa shape index (κ1) is 15.3. The number of nitrogens with one attached hydrogen (secondary N) is 1. The molecule has 2 N–H and O–H groups in total. The van der Waals surface area contributed by atoms with Crippen LogP contribution in [0.4, 0.5) is 0 Å². The third kappa shape index (κ3) is 4.19. The van der Waals surface area contributed by atoms with Crippen molar-refractivity contribution < 1.29 is 5.11 Å². The maximum absolute atomic E-state index is 10.7. The molecule has 2 unspecified atom stereocenters. The summed E-state index contributed by atoms with van der Waals surface area (Å²) in [5.74, 6) is 1.38. The van der Waals surface area contributed by atoms with Gasteiger partial charge in [0, 0.05) is 6.04 Å². The first-order valence-electron chi connectivity index (χ1n) is 8.40. The predicted molar refractivity (Wildman–Crippen MR) is 81.2 cm³/mol. The van der Waals surface area contributed by atoms with Gasteiger partial charge >= 0.3 is 0 Å². The minimum atomic E-state index is -0.112. The van der Waals surface area contributed by atoms with Gasteiger partial charge < -0.3 is 10.4 Å². The van der Waals surface area contributed by atoms with E-state index in [1.165, 1.54) is 51.4 Å². The molecule has 2 heteroatoms. The highest BCUT2D eigenvalue weighted by Gasteiger charge is 2.34. The smallest absolute Gasteiger partial charge is 0.0721 e. The fraction of sp³-hybridized carbons (Fsp3) is 1.00. The van der Waals surface area contributed by atoms with E-state index in [2.05, 4.69) is 26.1 Å². The summed E-state index contributed by atoms with van der Waals surface area (Å²) in [5, 5.41) is 14.2. The molecule has 1 saturated carbocycles. The normalized spacial score (nSPS) is 35.7. The van der Waals surface area contributed by atoms with Crippen molar-refractivity contribution in [2.45, 2.75) is 84.3 Å². The monoisotopic (exact) mass is 267 g/mol. The summed E-state index contributed by atoms with van der Waals surface area (Å²) in [7, 11) is 0. The first-order valence-corrected chi connectivity index (χ1v) is 8.40. The average Bonchev–Trinajstić information content (AvgIpc) is 2.66. The molecule has 2 nitrogen and oxygen atoms in total. The van der Waals surface area contributed by atoms with Crippen molar-refractivity contribution in [3.63, 3.8) is 0 Å². The van der Waals surface area contributed by atoms with Crippen LogP contribution in [0.1, 0.15) is 72.1 Å². The highest BCUT2D eigenvalue weighted by atomic mass is 16.3. The SMILES string of the molecule is CC(C)(C)C1CCC(C(O)C2CCCCCN2)CC1. The van der Waals surface area contributed by atoms with E-state index < -0.39 is 0 Å². The van der Waals surface area contributed by atoms with Gasteiger partial charge in [-0.15, -0.1) is 0 Å². The fourth-order valence-corrected chi connectivity index (χ4v) is 4.00. The Labute approximate surface area is 119 Å². The zero-order valence-electron chi connectivity index (χ0n) is 13.1. The minimum absolute atomic E-state index is 0.112. The molecule has 1 heterocycles. The summed E-state index contributed by atoms with van der Waals surface area (Å²) in [4.78, 5) is 0. The van der Waals surface area contributed by atoms with Crippen molar-refractivity contribution in [3.05, 3.63) is 0 Å². The molecule has 2 rings (SSSR count). The molecule has 2 fully saturated rings. The molecule has 0 aromatic carbocycles. The van der Waals surface area contributed by atoms with E-state index >= 15 is 0 Å². The zero-order valence-corrected chi connectivity index (χ0v) is 13.1. The average molecular weight is 267 g/mol. The van der Waals surface area contributed by atoms with Crippen molar-refractivity contribution >= 4 is 0 Å². The van der Waals surface area contributed by atoms with Crippen LogP contribution in [0.15, 0.2) is 0 Å². The predicted octanol–water partition coefficient (Wildman–Crippen LogP) is 3.73. The molecule has 1 aliphatic heterocycles. The van der Waals surface area contributed by atoms with Gasteiger partial charge in [0.15, 0.2) is 0 Å². The molecular formula is C17H33NO. The third-order valence-electron chi connectivity index (χ3n) is 5.49. The van der Waals surface area contributed by atoms with Crippen LogP contribution >= 0.6 is 0 Å². The van der Waals surface area contributed by atoms with E-state index in [0.717, 1.165) is 12.5 Å². The van der Waals surface area contributed by atoms with Gasteiger partial charge in [0.25, 0.3) is 0 Å². The molecule has 0 amide bonds. The molecule has 1 aliphatic carbocycles. The van der Waals surface area contributed by atoms with Crippen LogP contribution in [0.2, 0.25) is 0 Å². The lowest BCUT2D eigenvalue weighted by atomic mass is 9.68. The minimum Gasteiger partial charge on any atom is -0.391 e. The number of hydrogen-bond acceptors (Lipinski definition) is 2. The Bertz CT molecular complexity index is 255. The van der Waals surface area contributed by atoms with E-state index in [1.807, 2.05) is 0 Å². The van der Waals surface area contributed by atoms with Crippen molar-refractivity contribution in [2.75, 3.05) is 6.54 Å². The maximum Gasteiger partial charge on any atom is 0.0721 e. The molecule has 0 aromatic rings. The molecule has 0 bridgehead atoms. The van der Waals surface area contributed by atoms with Crippen molar-refractivity contribution in [1.29, 1.82) is 0 Å². The third-order valence-corrected chi connectivity index (χ3v) is 5.49. The number of aliphatic hydroxyl groups excluding tert-OH is 1. The van der Waals surface area contributed by atoms with Crippen LogP contribution in [-0.2, 0) is 0 Å². The van der Waals surface area contributed by atoms with Gasteiger partial charge in [0.1, 0.15) is 0 Å². The van der Waals surface area contributed by atoms with Gasteiger partial charge in [-0.05, 0) is 62.3 Å². The summed E-state index contributed by atoms with van der Waals surface area (Å²) >= 11 is 0. The Balaban J connectivity index is 1.83. The van der Waals surface area contributed by atoms with Crippen molar-refractivity contribution in [1.82, 2.24) is 5.32 Å². The van der Waals surface area contributed by atoms with Crippen LogP contribution < -0.4 is 5.32 Å². The molecule has 2 atom stereocenters. The molecule has 0 radical (unpaired) electrons. The van der Waals surface area contributed by atoms with E-state index in [0.29, 0.717) is 17.4 Å². The van der Waals surface area contributed by atoms with Gasteiger partial charge in [0.05, 0.1) is 6.10 Å². The lowest BCUT2D eigenvalue weighted by Gasteiger charge is -2.40. The standard InChI is InChI=1S/C17H33NO/c1-17(2,3)14-10-8-13(9-11-14)16(19)15-7-5-4-6-12-18-15/h13-16,18-19H,4-12H2,1-3H3. The second-order valence-electron chi connectivity index (χ2n) is 7.88. The van der Waals surface area contributed by atoms with Crippen molar-refractivity contribution in [3.8, 4) is 0 Å². The molecule has 112 valence electrons. The van der Waals surface area contributed by atoms with E-state index in [-0.39, 0.29) is 6.10 Å². The van der Waals surface area contributed by atoms with Gasteiger partial charge in [-0.2, -0.15) is 0 Å². The van der Waals surface area contributed by atoms with Crippen LogP contribution in [0.25, 0.3) is 0 Å². The summed E-state index contributed by atoms with van der Waals surface area (Å²) in [5.41, 5.74) is 0.441. The van der Waals surface area contributed by atoms with E-state index in [1.54, 1.807) is 0 Å². The summed E-state index contributed by atoms with van der Waals surface area (Å²) in [6.45, 7) is 8.18. The largest absolute Gasteiger partial charge is 0.391 e. The fourth-order valence-electron chi connectivity index (χ4n) is 4.00. The Kier molecular flexibility index (Phi) is 5.30. The van der Waals surface area contributed by atoms with Crippen LogP contribution in [-0.4, -0.2) is 23.8 Å². The topological polar surface area (TPSA) is 32.3 Å². The second kappa shape index (κ2) is 6.58. The zero-order chi connectivity index (χ0) is 13.9. The summed E-state index contributed by atoms with van der Waals surface area (Å²) in [6, 6.07) is 0.360. The Morgan fingerprint density at radius 2 is 1.63 bits per heavy atom. The molecule has 1 saturated heterocycles. The van der Waals surface area contributed by atoms with Crippen LogP contribution in [0.3, 0.4) is 0 Å². The number of aliphatic hydroxyl groups is 1. The summed E-state index contributed by atoms with van der Waals surface area (Å²) < 4.78 is 0. The Morgan fingerprint density at radius 1 is 0.947 bits per heavy atom. The maximum atomic E-state index is 10.7. The van der Waals surface area contributed by atoms with Crippen molar-refractivity contribution in [2.24, 2.45) is 17.3 Å². The van der Waals surface area contributed by atoms with Gasteiger partial charge in [-0.25, -0.2) is 0 Å². The van der Waals surface area contributed by atoms with Gasteiger partial charge in [-0.3, -0.25) is 0 Å². The molecule has 0 spiro atoms. The summed E-state index contributed by atoms with van der Waals surface area (Å²) in [6.07, 6.45) is 10.00. The molecule has 2 aliphatic rings. The van der Waals surface area contributed by atoms with Crippen LogP contribution in [0.5, 0.6) is 0 Å². The first-order chi connectivity index (χ1) is 8.98. The molecule has 0 aromatic heterocycles. The number of rotatable bonds is 2. The second-order valence-corrected chi connectivity index (χ2v) is 7.88. The van der Waals surface area contributed by atoms with Crippen LogP contribution in [0, 0.1) is 17.3 Å². The highest BCUT2D eigenvalue weighted by molar-refractivity contribution is 4.88. The quantitative estimate of drug-likeness (QED) is 0.799.